The molecular weight excluding hydrogens is 395 g/mol. The minimum Gasteiger partial charge on any atom is -0.332 e. The molecule has 0 amide bonds. The van der Waals surface area contributed by atoms with E-state index in [4.69, 9.17) is 0 Å². The number of hydrogen-bond acceptors (Lipinski definition) is 4. The SMILES string of the molecule is C=CCc1sc(Nc2ccc(F)c(C(C)(F)P)c2)nc1C1=CCCN=C1.CC. The molecule has 1 N–H and O–H groups in total. The topological polar surface area (TPSA) is 37.3 Å². The van der Waals surface area contributed by atoms with Gasteiger partial charge in [0, 0.05) is 40.9 Å². The van der Waals surface area contributed by atoms with E-state index in [9.17, 15) is 8.78 Å². The fourth-order valence-corrected chi connectivity index (χ4v) is 3.89. The molecule has 0 fully saturated rings. The van der Waals surface area contributed by atoms with Crippen LogP contribution in [0.15, 0.2) is 41.9 Å². The van der Waals surface area contributed by atoms with Gasteiger partial charge in [-0.1, -0.05) is 35.2 Å². The van der Waals surface area contributed by atoms with Crippen molar-refractivity contribution in [3.05, 3.63) is 58.9 Å². The van der Waals surface area contributed by atoms with E-state index in [1.807, 2.05) is 35.4 Å². The number of benzene rings is 1. The third-order valence-corrected chi connectivity index (χ3v) is 5.20. The molecule has 3 nitrogen and oxygen atoms in total. The molecule has 150 valence electrons. The van der Waals surface area contributed by atoms with Gasteiger partial charge in [-0.3, -0.25) is 4.99 Å². The molecule has 2 heterocycles. The number of hydrogen-bond donors (Lipinski definition) is 1. The number of halogens is 2. The zero-order valence-electron chi connectivity index (χ0n) is 16.4. The lowest BCUT2D eigenvalue weighted by molar-refractivity contribution is 0.313. The molecular formula is C21H26F2N3PS. The van der Waals surface area contributed by atoms with E-state index < -0.39 is 11.2 Å². The van der Waals surface area contributed by atoms with Gasteiger partial charge in [-0.25, -0.2) is 13.8 Å². The summed E-state index contributed by atoms with van der Waals surface area (Å²) < 4.78 is 28.0. The highest BCUT2D eigenvalue weighted by atomic mass is 32.1. The normalized spacial score (nSPS) is 15.1. The molecule has 2 atom stereocenters. The van der Waals surface area contributed by atoms with Crippen LogP contribution in [-0.4, -0.2) is 17.7 Å². The van der Waals surface area contributed by atoms with E-state index in [2.05, 4.69) is 27.9 Å². The lowest BCUT2D eigenvalue weighted by atomic mass is 10.1. The van der Waals surface area contributed by atoms with Crippen LogP contribution in [-0.2, 0) is 11.8 Å². The minimum atomic E-state index is -1.84. The lowest BCUT2D eigenvalue weighted by Crippen LogP contribution is -2.08. The van der Waals surface area contributed by atoms with Crippen LogP contribution in [0, 0.1) is 5.82 Å². The van der Waals surface area contributed by atoms with Crippen molar-refractivity contribution in [3.63, 3.8) is 0 Å². The molecule has 0 saturated carbocycles. The maximum atomic E-state index is 14.2. The summed E-state index contributed by atoms with van der Waals surface area (Å²) in [6, 6.07) is 4.30. The van der Waals surface area contributed by atoms with Crippen LogP contribution in [0.2, 0.25) is 0 Å². The van der Waals surface area contributed by atoms with Crippen LogP contribution >= 0.6 is 20.6 Å². The van der Waals surface area contributed by atoms with E-state index in [1.54, 1.807) is 6.07 Å². The van der Waals surface area contributed by atoms with Crippen molar-refractivity contribution in [1.82, 2.24) is 4.98 Å². The third kappa shape index (κ3) is 5.55. The number of anilines is 2. The Hall–Kier alpha value is -1.91. The van der Waals surface area contributed by atoms with Crippen LogP contribution in [0.3, 0.4) is 0 Å². The second-order valence-corrected chi connectivity index (χ2v) is 8.33. The smallest absolute Gasteiger partial charge is 0.187 e. The Labute approximate surface area is 171 Å². The Kier molecular flexibility index (Phi) is 8.02. The molecule has 0 saturated heterocycles. The van der Waals surface area contributed by atoms with Crippen LogP contribution in [0.5, 0.6) is 0 Å². The maximum Gasteiger partial charge on any atom is 0.187 e. The van der Waals surface area contributed by atoms with Crippen molar-refractivity contribution in [2.45, 2.75) is 39.0 Å². The van der Waals surface area contributed by atoms with Crippen molar-refractivity contribution >= 4 is 43.2 Å². The summed E-state index contributed by atoms with van der Waals surface area (Å²) >= 11 is 1.50. The zero-order valence-corrected chi connectivity index (χ0v) is 18.4. The van der Waals surface area contributed by atoms with E-state index in [1.165, 1.54) is 30.4 Å². The number of rotatable bonds is 6. The van der Waals surface area contributed by atoms with Gasteiger partial charge in [-0.15, -0.1) is 17.9 Å². The number of aliphatic imine (C=N–C) groups is 1. The van der Waals surface area contributed by atoms with Crippen molar-refractivity contribution in [1.29, 1.82) is 0 Å². The Morgan fingerprint density at radius 2 is 2.14 bits per heavy atom. The first-order valence-electron chi connectivity index (χ1n) is 9.24. The second kappa shape index (κ2) is 10.0. The summed E-state index contributed by atoms with van der Waals surface area (Å²) in [5, 5.41) is 1.99. The van der Waals surface area contributed by atoms with E-state index >= 15 is 0 Å². The summed E-state index contributed by atoms with van der Waals surface area (Å²) in [7, 11) is 2.02. The predicted molar refractivity (Wildman–Crippen MR) is 121 cm³/mol. The number of dihydropyridines is 1. The summed E-state index contributed by atoms with van der Waals surface area (Å²) in [5.41, 5.74) is 2.45. The van der Waals surface area contributed by atoms with Gasteiger partial charge in [0.05, 0.1) is 5.69 Å². The number of aromatic nitrogens is 1. The number of thiazole rings is 1. The van der Waals surface area contributed by atoms with E-state index in [-0.39, 0.29) is 5.56 Å². The first-order valence-corrected chi connectivity index (χ1v) is 10.6. The number of nitrogens with one attached hydrogen (secondary N) is 1. The highest BCUT2D eigenvalue weighted by Crippen LogP contribution is 2.37. The molecule has 0 bridgehead atoms. The molecule has 1 aromatic heterocycles. The summed E-state index contributed by atoms with van der Waals surface area (Å²) in [6.07, 6.45) is 7.39. The molecule has 28 heavy (non-hydrogen) atoms. The molecule has 0 aliphatic carbocycles. The summed E-state index contributed by atoms with van der Waals surface area (Å²) in [6.45, 7) is 9.90. The third-order valence-electron chi connectivity index (χ3n) is 3.90. The quantitative estimate of drug-likeness (QED) is 0.418. The molecule has 1 aromatic carbocycles. The molecule has 0 radical (unpaired) electrons. The zero-order chi connectivity index (χ0) is 20.7. The standard InChI is InChI=1S/C19H20F2N3PS.C2H6/c1-3-5-16-17(12-6-4-9-22-11-12)24-18(26-16)23-13-7-8-15(20)14(10-13)19(2,21)25;1-2/h3,6-8,10-11H,1,4-5,9,25H2,2H3,(H,23,24);1-2H3. The maximum absolute atomic E-state index is 14.2. The Morgan fingerprint density at radius 1 is 1.39 bits per heavy atom. The summed E-state index contributed by atoms with van der Waals surface area (Å²) in [5.74, 6) is -0.578. The summed E-state index contributed by atoms with van der Waals surface area (Å²) in [4.78, 5) is 10.1. The average molecular weight is 421 g/mol. The van der Waals surface area contributed by atoms with E-state index in [0.29, 0.717) is 17.2 Å². The van der Waals surface area contributed by atoms with Crippen molar-refractivity contribution in [3.8, 4) is 0 Å². The van der Waals surface area contributed by atoms with Crippen LogP contribution in [0.1, 0.15) is 43.3 Å². The van der Waals surface area contributed by atoms with Gasteiger partial charge >= 0.3 is 0 Å². The Balaban J connectivity index is 0.00000136. The molecule has 3 rings (SSSR count). The lowest BCUT2D eigenvalue weighted by Gasteiger charge is -2.16. The van der Waals surface area contributed by atoms with Gasteiger partial charge in [0.1, 0.15) is 11.2 Å². The number of nitrogens with zero attached hydrogens (tertiary/aromatic N) is 2. The van der Waals surface area contributed by atoms with Crippen molar-refractivity contribution < 1.29 is 8.78 Å². The molecule has 2 aromatic rings. The van der Waals surface area contributed by atoms with E-state index in [0.717, 1.165) is 29.1 Å². The van der Waals surface area contributed by atoms with Gasteiger partial charge in [0.15, 0.2) is 5.13 Å². The highest BCUT2D eigenvalue weighted by Gasteiger charge is 2.24. The highest BCUT2D eigenvalue weighted by molar-refractivity contribution is 7.18. The fraction of sp³-hybridized carbons (Fsp3) is 0.333. The fourth-order valence-electron chi connectivity index (χ4n) is 2.67. The minimum absolute atomic E-state index is 0.0160. The van der Waals surface area contributed by atoms with Gasteiger partial charge < -0.3 is 5.32 Å². The molecule has 1 aliphatic heterocycles. The van der Waals surface area contributed by atoms with Gasteiger partial charge in [0.2, 0.25) is 0 Å². The number of allylic oxidation sites excluding steroid dienone is 2. The van der Waals surface area contributed by atoms with Crippen LogP contribution in [0.25, 0.3) is 5.57 Å². The molecule has 2 unspecified atom stereocenters. The first kappa shape index (κ1) is 22.4. The van der Waals surface area contributed by atoms with Crippen molar-refractivity contribution in [2.75, 3.05) is 11.9 Å². The molecule has 1 aliphatic rings. The van der Waals surface area contributed by atoms with Gasteiger partial charge in [-0.05, 0) is 31.5 Å². The number of alkyl halides is 1. The van der Waals surface area contributed by atoms with Crippen molar-refractivity contribution in [2.24, 2.45) is 4.99 Å². The first-order chi connectivity index (χ1) is 13.4. The Morgan fingerprint density at radius 3 is 2.75 bits per heavy atom. The monoisotopic (exact) mass is 421 g/mol. The second-order valence-electron chi connectivity index (χ2n) is 6.16. The van der Waals surface area contributed by atoms with Crippen LogP contribution < -0.4 is 5.32 Å². The molecule has 7 heteroatoms. The Bertz CT molecular complexity index is 882. The predicted octanol–water partition coefficient (Wildman–Crippen LogP) is 6.66. The van der Waals surface area contributed by atoms with Gasteiger partial charge in [0.25, 0.3) is 0 Å². The average Bonchev–Trinajstić information content (AvgIpc) is 3.07. The molecule has 0 spiro atoms. The van der Waals surface area contributed by atoms with Gasteiger partial charge in [-0.2, -0.15) is 0 Å². The van der Waals surface area contributed by atoms with Crippen LogP contribution in [0.4, 0.5) is 19.6 Å². The largest absolute Gasteiger partial charge is 0.332 e.